The highest BCUT2D eigenvalue weighted by atomic mass is 19.4. The Morgan fingerprint density at radius 3 is 2.17 bits per heavy atom. The fraction of sp³-hybridized carbons (Fsp3) is 0.375. The SMILES string of the molecule is COc1ncc(C(=O)C(F)(F)F)c(C(F)(F)F)n1. The van der Waals surface area contributed by atoms with Crippen molar-refractivity contribution < 1.29 is 35.9 Å². The summed E-state index contributed by atoms with van der Waals surface area (Å²) in [4.78, 5) is 16.6. The molecule has 0 atom stereocenters. The Morgan fingerprint density at radius 2 is 1.78 bits per heavy atom. The van der Waals surface area contributed by atoms with E-state index in [1.165, 1.54) is 0 Å². The zero-order valence-electron chi connectivity index (χ0n) is 8.56. The highest BCUT2D eigenvalue weighted by Gasteiger charge is 2.46. The molecule has 0 aliphatic carbocycles. The van der Waals surface area contributed by atoms with Crippen molar-refractivity contribution in [3.8, 4) is 6.01 Å². The number of ether oxygens (including phenoxy) is 1. The second-order valence-electron chi connectivity index (χ2n) is 2.94. The van der Waals surface area contributed by atoms with E-state index in [4.69, 9.17) is 0 Å². The fourth-order valence-corrected chi connectivity index (χ4v) is 0.999. The lowest BCUT2D eigenvalue weighted by Gasteiger charge is -2.12. The smallest absolute Gasteiger partial charge is 0.455 e. The summed E-state index contributed by atoms with van der Waals surface area (Å²) in [6.07, 6.45) is -10.5. The van der Waals surface area contributed by atoms with Crippen LogP contribution in [0.5, 0.6) is 6.01 Å². The summed E-state index contributed by atoms with van der Waals surface area (Å²) in [6.45, 7) is 0. The minimum Gasteiger partial charge on any atom is -0.467 e. The van der Waals surface area contributed by atoms with Gasteiger partial charge < -0.3 is 4.74 Å². The van der Waals surface area contributed by atoms with Crippen LogP contribution in [-0.4, -0.2) is 29.0 Å². The first-order chi connectivity index (χ1) is 8.07. The van der Waals surface area contributed by atoms with Crippen LogP contribution in [0.15, 0.2) is 6.20 Å². The molecule has 0 saturated heterocycles. The van der Waals surface area contributed by atoms with E-state index < -0.39 is 35.4 Å². The standard InChI is InChI=1S/C8H4F6N2O2/c1-18-6-15-2-3(5(17)8(12,13)14)4(16-6)7(9,10)11/h2H,1H3. The summed E-state index contributed by atoms with van der Waals surface area (Å²) in [5, 5.41) is 0. The first-order valence-electron chi connectivity index (χ1n) is 4.17. The summed E-state index contributed by atoms with van der Waals surface area (Å²) in [5.41, 5.74) is -3.66. The number of aromatic nitrogens is 2. The molecule has 10 heteroatoms. The first-order valence-corrected chi connectivity index (χ1v) is 4.17. The Labute approximate surface area is 95.6 Å². The van der Waals surface area contributed by atoms with Crippen molar-refractivity contribution in [3.05, 3.63) is 17.5 Å². The highest BCUT2D eigenvalue weighted by molar-refractivity contribution is 6.01. The quantitative estimate of drug-likeness (QED) is 0.613. The van der Waals surface area contributed by atoms with Crippen molar-refractivity contribution in [1.29, 1.82) is 0 Å². The molecule has 0 amide bonds. The average molecular weight is 274 g/mol. The van der Waals surface area contributed by atoms with E-state index >= 15 is 0 Å². The minimum atomic E-state index is -5.45. The monoisotopic (exact) mass is 274 g/mol. The van der Waals surface area contributed by atoms with Crippen LogP contribution in [0.1, 0.15) is 16.1 Å². The van der Waals surface area contributed by atoms with E-state index in [1.54, 1.807) is 0 Å². The van der Waals surface area contributed by atoms with Crippen molar-refractivity contribution >= 4 is 5.78 Å². The molecule has 0 aliphatic rings. The van der Waals surface area contributed by atoms with Crippen molar-refractivity contribution in [3.63, 3.8) is 0 Å². The molecule has 18 heavy (non-hydrogen) atoms. The van der Waals surface area contributed by atoms with Crippen LogP contribution in [0, 0.1) is 0 Å². The van der Waals surface area contributed by atoms with Crippen LogP contribution in [-0.2, 0) is 6.18 Å². The van der Waals surface area contributed by atoms with E-state index in [-0.39, 0.29) is 6.20 Å². The van der Waals surface area contributed by atoms with Gasteiger partial charge in [0.05, 0.1) is 12.7 Å². The summed E-state index contributed by atoms with van der Waals surface area (Å²) in [5.74, 6) is -2.67. The number of rotatable bonds is 2. The molecule has 0 aliphatic heterocycles. The van der Waals surface area contributed by atoms with Gasteiger partial charge in [0.2, 0.25) is 0 Å². The van der Waals surface area contributed by atoms with Crippen molar-refractivity contribution in [2.24, 2.45) is 0 Å². The summed E-state index contributed by atoms with van der Waals surface area (Å²) >= 11 is 0. The molecular formula is C8H4F6N2O2. The van der Waals surface area contributed by atoms with Gasteiger partial charge in [-0.15, -0.1) is 0 Å². The summed E-state index contributed by atoms with van der Waals surface area (Å²) < 4.78 is 77.8. The number of Topliss-reactive ketones (excluding diaryl/α,β-unsaturated/α-hetero) is 1. The van der Waals surface area contributed by atoms with Crippen LogP contribution in [0.25, 0.3) is 0 Å². The van der Waals surface area contributed by atoms with Crippen LogP contribution >= 0.6 is 0 Å². The van der Waals surface area contributed by atoms with Gasteiger partial charge in [-0.05, 0) is 0 Å². The van der Waals surface area contributed by atoms with Gasteiger partial charge in [-0.25, -0.2) is 4.98 Å². The molecule has 100 valence electrons. The number of hydrogen-bond acceptors (Lipinski definition) is 4. The first kappa shape index (κ1) is 14.2. The maximum Gasteiger partial charge on any atom is 0.455 e. The number of carbonyl (C=O) groups excluding carboxylic acids is 1. The topological polar surface area (TPSA) is 52.1 Å². The van der Waals surface area contributed by atoms with Crippen LogP contribution < -0.4 is 4.74 Å². The number of hydrogen-bond donors (Lipinski definition) is 0. The molecule has 0 aromatic carbocycles. The largest absolute Gasteiger partial charge is 0.467 e. The zero-order valence-corrected chi connectivity index (χ0v) is 8.56. The van der Waals surface area contributed by atoms with Crippen LogP contribution in [0.4, 0.5) is 26.3 Å². The predicted octanol–water partition coefficient (Wildman–Crippen LogP) is 2.25. The van der Waals surface area contributed by atoms with Gasteiger partial charge in [0.1, 0.15) is 0 Å². The average Bonchev–Trinajstić information content (AvgIpc) is 2.24. The fourth-order valence-electron chi connectivity index (χ4n) is 0.999. The molecule has 1 rings (SSSR count). The van der Waals surface area contributed by atoms with Crippen molar-refractivity contribution in [2.75, 3.05) is 7.11 Å². The minimum absolute atomic E-state index is 0.129. The molecule has 0 radical (unpaired) electrons. The lowest BCUT2D eigenvalue weighted by Crippen LogP contribution is -2.27. The summed E-state index contributed by atoms with van der Waals surface area (Å²) in [6, 6.07) is -0.791. The lowest BCUT2D eigenvalue weighted by atomic mass is 10.1. The maximum atomic E-state index is 12.4. The molecule has 1 aromatic rings. The second-order valence-corrected chi connectivity index (χ2v) is 2.94. The van der Waals surface area contributed by atoms with Gasteiger partial charge in [-0.2, -0.15) is 31.3 Å². The Balaban J connectivity index is 3.41. The summed E-state index contributed by atoms with van der Waals surface area (Å²) in [7, 11) is 0.931. The Bertz CT molecular complexity index is 468. The number of ketones is 1. The molecule has 0 spiro atoms. The molecule has 1 aromatic heterocycles. The molecule has 0 N–H and O–H groups in total. The molecule has 0 fully saturated rings. The number of carbonyl (C=O) groups is 1. The van der Waals surface area contributed by atoms with E-state index in [0.29, 0.717) is 0 Å². The highest BCUT2D eigenvalue weighted by Crippen LogP contribution is 2.33. The number of halogens is 6. The normalized spacial score (nSPS) is 12.4. The van der Waals surface area contributed by atoms with E-state index in [2.05, 4.69) is 14.7 Å². The van der Waals surface area contributed by atoms with Gasteiger partial charge >= 0.3 is 18.4 Å². The van der Waals surface area contributed by atoms with Crippen LogP contribution in [0.2, 0.25) is 0 Å². The van der Waals surface area contributed by atoms with Crippen molar-refractivity contribution in [2.45, 2.75) is 12.4 Å². The molecular weight excluding hydrogens is 270 g/mol. The molecule has 4 nitrogen and oxygen atoms in total. The van der Waals surface area contributed by atoms with Gasteiger partial charge in [0.15, 0.2) is 5.69 Å². The Kier molecular flexibility index (Phi) is 3.49. The van der Waals surface area contributed by atoms with Gasteiger partial charge in [0.25, 0.3) is 5.78 Å². The van der Waals surface area contributed by atoms with E-state index in [9.17, 15) is 31.1 Å². The number of alkyl halides is 6. The molecule has 0 unspecified atom stereocenters. The van der Waals surface area contributed by atoms with Gasteiger partial charge in [-0.1, -0.05) is 0 Å². The molecule has 0 saturated carbocycles. The van der Waals surface area contributed by atoms with Crippen molar-refractivity contribution in [1.82, 2.24) is 9.97 Å². The Morgan fingerprint density at radius 1 is 1.22 bits per heavy atom. The number of methoxy groups -OCH3 is 1. The third kappa shape index (κ3) is 2.87. The molecule has 0 bridgehead atoms. The zero-order chi connectivity index (χ0) is 14.1. The number of nitrogens with zero attached hydrogens (tertiary/aromatic N) is 2. The van der Waals surface area contributed by atoms with Gasteiger partial charge in [-0.3, -0.25) is 4.79 Å². The van der Waals surface area contributed by atoms with Gasteiger partial charge in [0, 0.05) is 6.20 Å². The Hall–Kier alpha value is -1.87. The molecule has 1 heterocycles. The predicted molar refractivity (Wildman–Crippen MR) is 44.0 cm³/mol. The van der Waals surface area contributed by atoms with E-state index in [1.807, 2.05) is 0 Å². The third-order valence-electron chi connectivity index (χ3n) is 1.72. The van der Waals surface area contributed by atoms with Crippen LogP contribution in [0.3, 0.4) is 0 Å². The van der Waals surface area contributed by atoms with E-state index in [0.717, 1.165) is 7.11 Å². The second kappa shape index (κ2) is 4.42. The maximum absolute atomic E-state index is 12.4. The third-order valence-corrected chi connectivity index (χ3v) is 1.72. The lowest BCUT2D eigenvalue weighted by molar-refractivity contribution is -0.142.